The second-order valence-electron chi connectivity index (χ2n) is 6.82. The molecule has 2 aromatic heterocycles. The van der Waals surface area contributed by atoms with Gasteiger partial charge in [-0.1, -0.05) is 24.9 Å². The van der Waals surface area contributed by atoms with Crippen molar-refractivity contribution in [2.24, 2.45) is 0 Å². The summed E-state index contributed by atoms with van der Waals surface area (Å²) in [4.78, 5) is 7.12. The number of aliphatic hydroxyl groups excluding tert-OH is 2. The first kappa shape index (κ1) is 24.3. The van der Waals surface area contributed by atoms with Crippen molar-refractivity contribution in [2.75, 3.05) is 39.4 Å². The smallest absolute Gasteiger partial charge is 0.0555 e. The van der Waals surface area contributed by atoms with Crippen LogP contribution in [0.2, 0.25) is 0 Å². The van der Waals surface area contributed by atoms with Gasteiger partial charge in [-0.25, -0.2) is 0 Å². The minimum atomic E-state index is 0.163. The van der Waals surface area contributed by atoms with E-state index in [-0.39, 0.29) is 13.2 Å². The highest BCUT2D eigenvalue weighted by Gasteiger charge is 2.16. The summed E-state index contributed by atoms with van der Waals surface area (Å²) in [6.07, 6.45) is 1.84. The molecule has 160 valence electrons. The molecule has 0 atom stereocenters. The van der Waals surface area contributed by atoms with Crippen LogP contribution in [-0.4, -0.2) is 49.6 Å². The van der Waals surface area contributed by atoms with Crippen LogP contribution in [0.5, 0.6) is 0 Å². The van der Waals surface area contributed by atoms with Gasteiger partial charge in [-0.2, -0.15) is 0 Å². The molecule has 0 saturated heterocycles. The molecule has 2 rings (SSSR count). The number of thiophene rings is 2. The van der Waals surface area contributed by atoms with Crippen LogP contribution in [0.25, 0.3) is 9.81 Å². The number of aliphatic hydroxyl groups is 2. The van der Waals surface area contributed by atoms with Gasteiger partial charge in [0.1, 0.15) is 0 Å². The Hall–Kier alpha value is -0.930. The van der Waals surface area contributed by atoms with Crippen LogP contribution in [0, 0.1) is 13.8 Å². The Morgan fingerprint density at radius 2 is 1.24 bits per heavy atom. The van der Waals surface area contributed by atoms with E-state index in [1.807, 2.05) is 0 Å². The van der Waals surface area contributed by atoms with E-state index >= 15 is 0 Å². The molecule has 0 unspecified atom stereocenters. The SMILES string of the molecule is C=C(SC(=C)c1sc(C)cc1CCNCCO)c1sc(C)cc1CCNCCO. The minimum absolute atomic E-state index is 0.163. The average molecular weight is 453 g/mol. The molecule has 0 aliphatic rings. The molecule has 0 saturated carbocycles. The molecule has 0 spiro atoms. The van der Waals surface area contributed by atoms with Gasteiger partial charge in [-0.05, 0) is 63.0 Å². The van der Waals surface area contributed by atoms with Crippen molar-refractivity contribution >= 4 is 44.2 Å². The Morgan fingerprint density at radius 1 is 0.828 bits per heavy atom. The van der Waals surface area contributed by atoms with Gasteiger partial charge in [0.05, 0.1) is 13.2 Å². The highest BCUT2D eigenvalue weighted by molar-refractivity contribution is 8.16. The van der Waals surface area contributed by atoms with Gasteiger partial charge in [0.2, 0.25) is 0 Å². The molecule has 0 aromatic carbocycles. The van der Waals surface area contributed by atoms with Crippen molar-refractivity contribution in [3.8, 4) is 0 Å². The third kappa shape index (κ3) is 7.68. The monoisotopic (exact) mass is 452 g/mol. The number of nitrogens with one attached hydrogen (secondary N) is 2. The van der Waals surface area contributed by atoms with Crippen LogP contribution in [-0.2, 0) is 12.8 Å². The molecule has 4 N–H and O–H groups in total. The van der Waals surface area contributed by atoms with E-state index < -0.39 is 0 Å². The molecule has 2 heterocycles. The molecular weight excluding hydrogens is 420 g/mol. The first-order valence-electron chi connectivity index (χ1n) is 9.84. The molecule has 29 heavy (non-hydrogen) atoms. The largest absolute Gasteiger partial charge is 0.395 e. The molecule has 0 fully saturated rings. The van der Waals surface area contributed by atoms with Gasteiger partial charge in [0.25, 0.3) is 0 Å². The normalized spacial score (nSPS) is 11.2. The summed E-state index contributed by atoms with van der Waals surface area (Å²) in [6.45, 7) is 16.2. The van der Waals surface area contributed by atoms with Gasteiger partial charge in [-0.3, -0.25) is 0 Å². The molecule has 2 aromatic rings. The summed E-state index contributed by atoms with van der Waals surface area (Å²) in [6, 6.07) is 4.48. The quantitative estimate of drug-likeness (QED) is 0.326. The van der Waals surface area contributed by atoms with E-state index in [4.69, 9.17) is 10.2 Å². The van der Waals surface area contributed by atoms with Crippen molar-refractivity contribution in [2.45, 2.75) is 26.7 Å². The summed E-state index contributed by atoms with van der Waals surface area (Å²) in [5.74, 6) is 0. The van der Waals surface area contributed by atoms with Crippen molar-refractivity contribution in [1.29, 1.82) is 0 Å². The zero-order valence-electron chi connectivity index (χ0n) is 17.3. The first-order valence-corrected chi connectivity index (χ1v) is 12.3. The summed E-state index contributed by atoms with van der Waals surface area (Å²) in [5.41, 5.74) is 2.61. The molecular formula is C22H32N2O2S3. The topological polar surface area (TPSA) is 64.5 Å². The summed E-state index contributed by atoms with van der Waals surface area (Å²) in [7, 11) is 0. The maximum absolute atomic E-state index is 8.92. The van der Waals surface area contributed by atoms with Crippen molar-refractivity contribution < 1.29 is 10.2 Å². The lowest BCUT2D eigenvalue weighted by molar-refractivity contribution is 0.292. The molecule has 7 heteroatoms. The van der Waals surface area contributed by atoms with E-state index in [0.29, 0.717) is 13.1 Å². The zero-order chi connectivity index (χ0) is 21.2. The maximum atomic E-state index is 8.92. The lowest BCUT2D eigenvalue weighted by atomic mass is 10.1. The third-order valence-corrected chi connectivity index (χ3v) is 7.80. The van der Waals surface area contributed by atoms with Crippen molar-refractivity contribution in [3.63, 3.8) is 0 Å². The van der Waals surface area contributed by atoms with Crippen LogP contribution < -0.4 is 10.6 Å². The number of aryl methyl sites for hydroxylation is 2. The molecule has 0 amide bonds. The fraction of sp³-hybridized carbons (Fsp3) is 0.455. The van der Waals surface area contributed by atoms with Crippen LogP contribution in [0.3, 0.4) is 0 Å². The Bertz CT molecular complexity index is 745. The fourth-order valence-corrected chi connectivity index (χ4v) is 6.18. The van der Waals surface area contributed by atoms with Crippen LogP contribution in [0.15, 0.2) is 25.3 Å². The minimum Gasteiger partial charge on any atom is -0.395 e. The first-order chi connectivity index (χ1) is 14.0. The Labute approximate surface area is 186 Å². The van der Waals surface area contributed by atoms with E-state index in [1.54, 1.807) is 34.4 Å². The second-order valence-corrected chi connectivity index (χ2v) is 10.5. The van der Waals surface area contributed by atoms with Gasteiger partial charge >= 0.3 is 0 Å². The number of hydrogen-bond acceptors (Lipinski definition) is 7. The summed E-state index contributed by atoms with van der Waals surface area (Å²) in [5, 5.41) is 24.3. The third-order valence-electron chi connectivity index (χ3n) is 4.34. The molecule has 0 aliphatic carbocycles. The fourth-order valence-electron chi connectivity index (χ4n) is 3.07. The Balaban J connectivity index is 2.03. The molecule has 4 nitrogen and oxygen atoms in total. The predicted octanol–water partition coefficient (Wildman–Crippen LogP) is 4.05. The van der Waals surface area contributed by atoms with Crippen molar-refractivity contribution in [3.05, 3.63) is 55.9 Å². The predicted molar refractivity (Wildman–Crippen MR) is 131 cm³/mol. The van der Waals surface area contributed by atoms with Gasteiger partial charge in [0.15, 0.2) is 0 Å². The number of thioether (sulfide) groups is 1. The van der Waals surface area contributed by atoms with E-state index in [0.717, 1.165) is 35.7 Å². The summed E-state index contributed by atoms with van der Waals surface area (Å²) < 4.78 is 0. The van der Waals surface area contributed by atoms with E-state index in [1.165, 1.54) is 30.6 Å². The standard InChI is InChI=1S/C22H32N2O2S3/c1-15-13-19(5-7-23-9-11-25)21(27-15)17(3)29-18(4)22-20(14-16(2)28-22)6-8-24-10-12-26/h13-14,23-26H,3-12H2,1-2H3. The Kier molecular flexibility index (Phi) is 10.7. The van der Waals surface area contributed by atoms with E-state index in [2.05, 4.69) is 49.8 Å². The number of rotatable bonds is 14. The Morgan fingerprint density at radius 3 is 1.62 bits per heavy atom. The average Bonchev–Trinajstić information content (AvgIpc) is 3.24. The van der Waals surface area contributed by atoms with Crippen LogP contribution >= 0.6 is 34.4 Å². The lowest BCUT2D eigenvalue weighted by Gasteiger charge is -2.11. The molecule has 0 aliphatic heterocycles. The van der Waals surface area contributed by atoms with E-state index in [9.17, 15) is 0 Å². The second kappa shape index (κ2) is 12.7. The van der Waals surface area contributed by atoms with Gasteiger partial charge < -0.3 is 20.8 Å². The zero-order valence-corrected chi connectivity index (χ0v) is 19.8. The van der Waals surface area contributed by atoms with Crippen LogP contribution in [0.4, 0.5) is 0 Å². The maximum Gasteiger partial charge on any atom is 0.0555 e. The van der Waals surface area contributed by atoms with Crippen molar-refractivity contribution in [1.82, 2.24) is 10.6 Å². The van der Waals surface area contributed by atoms with Gasteiger partial charge in [0, 0.05) is 42.4 Å². The molecule has 0 bridgehead atoms. The summed E-state index contributed by atoms with van der Waals surface area (Å²) >= 11 is 5.23. The highest BCUT2D eigenvalue weighted by atomic mass is 32.2. The van der Waals surface area contributed by atoms with Gasteiger partial charge in [-0.15, -0.1) is 22.7 Å². The molecule has 0 radical (unpaired) electrons. The number of hydrogen-bond donors (Lipinski definition) is 4. The highest BCUT2D eigenvalue weighted by Crippen LogP contribution is 2.44. The van der Waals surface area contributed by atoms with Crippen LogP contribution in [0.1, 0.15) is 30.6 Å². The lowest BCUT2D eigenvalue weighted by Crippen LogP contribution is -2.21.